The van der Waals surface area contributed by atoms with Crippen LogP contribution in [0.15, 0.2) is 40.7 Å². The highest BCUT2D eigenvalue weighted by Gasteiger charge is 2.19. The molecule has 0 saturated carbocycles. The van der Waals surface area contributed by atoms with Crippen molar-refractivity contribution in [1.82, 2.24) is 15.5 Å². The molecule has 0 amide bonds. The van der Waals surface area contributed by atoms with Crippen molar-refractivity contribution in [2.45, 2.75) is 32.9 Å². The number of rotatable bonds is 6. The molecule has 0 aliphatic carbocycles. The van der Waals surface area contributed by atoms with Crippen LogP contribution in [0.25, 0.3) is 0 Å². The van der Waals surface area contributed by atoms with Gasteiger partial charge in [0.15, 0.2) is 5.96 Å². The molecular formula is C21H30FIN4S. The number of hydrogen-bond donors (Lipinski definition) is 2. The topological polar surface area (TPSA) is 39.7 Å². The van der Waals surface area contributed by atoms with Gasteiger partial charge in [-0.15, -0.1) is 35.3 Å². The lowest BCUT2D eigenvalue weighted by Crippen LogP contribution is -2.42. The number of piperidine rings is 1. The van der Waals surface area contributed by atoms with Gasteiger partial charge in [0.05, 0.1) is 0 Å². The number of likely N-dealkylation sites (tertiary alicyclic amines) is 1. The van der Waals surface area contributed by atoms with Crippen LogP contribution in [0.1, 0.15) is 28.8 Å². The predicted molar refractivity (Wildman–Crippen MR) is 127 cm³/mol. The standard InChI is InChI=1S/C21H29FN4S.HI/c1-16-5-6-18(12-20(16)22)14-25-21(23-2)24-13-17-7-9-26(10-8-17)15-19-4-3-11-27-19;/h3-6,11-12,17H,7-10,13-15H2,1-2H3,(H2,23,24,25);1H. The van der Waals surface area contributed by atoms with E-state index < -0.39 is 0 Å². The van der Waals surface area contributed by atoms with E-state index in [1.165, 1.54) is 17.7 Å². The summed E-state index contributed by atoms with van der Waals surface area (Å²) in [7, 11) is 1.77. The maximum atomic E-state index is 13.7. The molecule has 1 aliphatic heterocycles. The minimum Gasteiger partial charge on any atom is -0.356 e. The lowest BCUT2D eigenvalue weighted by atomic mass is 9.97. The molecule has 1 fully saturated rings. The zero-order chi connectivity index (χ0) is 19.1. The molecule has 2 heterocycles. The summed E-state index contributed by atoms with van der Waals surface area (Å²) in [6.45, 7) is 6.65. The molecule has 1 aliphatic rings. The summed E-state index contributed by atoms with van der Waals surface area (Å²) in [5, 5.41) is 8.85. The molecule has 4 nitrogen and oxygen atoms in total. The van der Waals surface area contributed by atoms with Gasteiger partial charge in [0.1, 0.15) is 5.82 Å². The molecule has 2 N–H and O–H groups in total. The van der Waals surface area contributed by atoms with Crippen LogP contribution in [0.2, 0.25) is 0 Å². The van der Waals surface area contributed by atoms with E-state index in [9.17, 15) is 4.39 Å². The zero-order valence-electron chi connectivity index (χ0n) is 16.6. The lowest BCUT2D eigenvalue weighted by Gasteiger charge is -2.32. The molecular weight excluding hydrogens is 486 g/mol. The third-order valence-corrected chi connectivity index (χ3v) is 6.01. The number of nitrogens with zero attached hydrogens (tertiary/aromatic N) is 2. The maximum Gasteiger partial charge on any atom is 0.191 e. The Hall–Kier alpha value is -1.19. The van der Waals surface area contributed by atoms with Crippen molar-refractivity contribution in [1.29, 1.82) is 0 Å². The molecule has 2 aromatic rings. The van der Waals surface area contributed by atoms with Crippen molar-refractivity contribution in [2.75, 3.05) is 26.7 Å². The molecule has 0 unspecified atom stereocenters. The Morgan fingerprint density at radius 3 is 2.68 bits per heavy atom. The fourth-order valence-corrected chi connectivity index (χ4v) is 4.11. The Morgan fingerprint density at radius 1 is 1.25 bits per heavy atom. The van der Waals surface area contributed by atoms with Crippen LogP contribution in [-0.2, 0) is 13.1 Å². The molecule has 3 rings (SSSR count). The van der Waals surface area contributed by atoms with Crippen LogP contribution >= 0.6 is 35.3 Å². The van der Waals surface area contributed by atoms with Crippen LogP contribution in [0.3, 0.4) is 0 Å². The molecule has 0 spiro atoms. The van der Waals surface area contributed by atoms with Crippen LogP contribution in [0.5, 0.6) is 0 Å². The summed E-state index contributed by atoms with van der Waals surface area (Å²) >= 11 is 1.84. The average molecular weight is 516 g/mol. The average Bonchev–Trinajstić information content (AvgIpc) is 3.19. The highest BCUT2D eigenvalue weighted by Crippen LogP contribution is 2.20. The van der Waals surface area contributed by atoms with Gasteiger partial charge < -0.3 is 10.6 Å². The zero-order valence-corrected chi connectivity index (χ0v) is 19.7. The molecule has 0 atom stereocenters. The lowest BCUT2D eigenvalue weighted by molar-refractivity contribution is 0.179. The molecule has 1 aromatic heterocycles. The Morgan fingerprint density at radius 2 is 2.04 bits per heavy atom. The summed E-state index contributed by atoms with van der Waals surface area (Å²) in [5.74, 6) is 1.28. The largest absolute Gasteiger partial charge is 0.356 e. The van der Waals surface area contributed by atoms with Gasteiger partial charge in [-0.3, -0.25) is 9.89 Å². The van der Waals surface area contributed by atoms with Crippen LogP contribution in [0, 0.1) is 18.7 Å². The quantitative estimate of drug-likeness (QED) is 0.340. The third-order valence-electron chi connectivity index (χ3n) is 5.14. The van der Waals surface area contributed by atoms with Gasteiger partial charge in [-0.1, -0.05) is 18.2 Å². The molecule has 154 valence electrons. The van der Waals surface area contributed by atoms with Gasteiger partial charge in [-0.05, 0) is 67.4 Å². The number of hydrogen-bond acceptors (Lipinski definition) is 3. The van der Waals surface area contributed by atoms with Crippen LogP contribution in [0.4, 0.5) is 4.39 Å². The van der Waals surface area contributed by atoms with E-state index in [2.05, 4.69) is 38.0 Å². The van der Waals surface area contributed by atoms with E-state index in [-0.39, 0.29) is 29.8 Å². The van der Waals surface area contributed by atoms with Gasteiger partial charge in [0.25, 0.3) is 0 Å². The maximum absolute atomic E-state index is 13.7. The normalized spacial score (nSPS) is 15.9. The monoisotopic (exact) mass is 516 g/mol. The Labute approximate surface area is 188 Å². The van der Waals surface area contributed by atoms with Crippen molar-refractivity contribution < 1.29 is 4.39 Å². The third kappa shape index (κ3) is 7.00. The first-order valence-electron chi connectivity index (χ1n) is 9.58. The summed E-state index contributed by atoms with van der Waals surface area (Å²) in [6.07, 6.45) is 2.41. The highest BCUT2D eigenvalue weighted by atomic mass is 127. The van der Waals surface area contributed by atoms with Crippen molar-refractivity contribution >= 4 is 41.3 Å². The van der Waals surface area contributed by atoms with Gasteiger partial charge >= 0.3 is 0 Å². The molecule has 1 saturated heterocycles. The van der Waals surface area contributed by atoms with Crippen LogP contribution < -0.4 is 10.6 Å². The Kier molecular flexibility index (Phi) is 9.67. The Bertz CT molecular complexity index is 743. The second-order valence-corrected chi connectivity index (χ2v) is 8.22. The smallest absolute Gasteiger partial charge is 0.191 e. The first-order chi connectivity index (χ1) is 13.1. The van der Waals surface area contributed by atoms with E-state index in [1.807, 2.05) is 23.5 Å². The van der Waals surface area contributed by atoms with E-state index in [4.69, 9.17) is 0 Å². The van der Waals surface area contributed by atoms with E-state index >= 15 is 0 Å². The Balaban J connectivity index is 0.00000280. The van der Waals surface area contributed by atoms with Crippen molar-refractivity contribution in [3.8, 4) is 0 Å². The van der Waals surface area contributed by atoms with Gasteiger partial charge in [-0.2, -0.15) is 0 Å². The molecule has 0 radical (unpaired) electrons. The summed E-state index contributed by atoms with van der Waals surface area (Å²) in [5.41, 5.74) is 1.59. The van der Waals surface area contributed by atoms with E-state index in [1.54, 1.807) is 20.0 Å². The van der Waals surface area contributed by atoms with E-state index in [0.717, 1.165) is 37.7 Å². The minimum absolute atomic E-state index is 0. The second kappa shape index (κ2) is 11.7. The summed E-state index contributed by atoms with van der Waals surface area (Å²) in [4.78, 5) is 8.27. The number of nitrogens with one attached hydrogen (secondary N) is 2. The fraction of sp³-hybridized carbons (Fsp3) is 0.476. The van der Waals surface area contributed by atoms with Crippen molar-refractivity contribution in [3.63, 3.8) is 0 Å². The van der Waals surface area contributed by atoms with Crippen LogP contribution in [-0.4, -0.2) is 37.5 Å². The van der Waals surface area contributed by atoms with Gasteiger partial charge in [0, 0.05) is 31.6 Å². The SMILES string of the molecule is CN=C(NCc1ccc(C)c(F)c1)NCC1CCN(Cc2cccs2)CC1.I. The number of guanidine groups is 1. The number of halogens is 2. The molecule has 1 aromatic carbocycles. The number of aryl methyl sites for hydroxylation is 1. The first-order valence-corrected chi connectivity index (χ1v) is 10.5. The van der Waals surface area contributed by atoms with Gasteiger partial charge in [0.2, 0.25) is 0 Å². The predicted octanol–water partition coefficient (Wildman–Crippen LogP) is 4.39. The number of thiophene rings is 1. The molecule has 0 bridgehead atoms. The highest BCUT2D eigenvalue weighted by molar-refractivity contribution is 14.0. The molecule has 28 heavy (non-hydrogen) atoms. The second-order valence-electron chi connectivity index (χ2n) is 7.19. The fourth-order valence-electron chi connectivity index (χ4n) is 3.37. The van der Waals surface area contributed by atoms with Crippen molar-refractivity contribution in [2.24, 2.45) is 10.9 Å². The summed E-state index contributed by atoms with van der Waals surface area (Å²) in [6, 6.07) is 9.68. The number of aliphatic imine (C=N–C) groups is 1. The first kappa shape index (κ1) is 23.1. The van der Waals surface area contributed by atoms with E-state index in [0.29, 0.717) is 18.0 Å². The van der Waals surface area contributed by atoms with Gasteiger partial charge in [-0.25, -0.2) is 4.39 Å². The number of benzene rings is 1. The molecule has 7 heteroatoms. The minimum atomic E-state index is -0.161. The summed E-state index contributed by atoms with van der Waals surface area (Å²) < 4.78 is 13.7. The van der Waals surface area contributed by atoms with Crippen molar-refractivity contribution in [3.05, 3.63) is 57.5 Å².